The molecule has 2 atom stereocenters. The molecule has 6 heavy (non-hydrogen) atoms. The van der Waals surface area contributed by atoms with E-state index in [0.717, 1.165) is 12.8 Å². The Morgan fingerprint density at radius 3 is 2.17 bits per heavy atom. The molecule has 1 saturated carbocycles. The van der Waals surface area contributed by atoms with Gasteiger partial charge in [0.05, 0.1) is 0 Å². The van der Waals surface area contributed by atoms with Gasteiger partial charge in [0.2, 0.25) is 0 Å². The van der Waals surface area contributed by atoms with Crippen molar-refractivity contribution in [3.8, 4) is 0 Å². The molecule has 36 valence electrons. The molecule has 0 heteroatoms. The summed E-state index contributed by atoms with van der Waals surface area (Å²) in [4.78, 5) is 0. The van der Waals surface area contributed by atoms with Crippen molar-refractivity contribution < 1.29 is 2.74 Å². The number of hydrogen-bond acceptors (Lipinski definition) is 0. The second-order valence-electron chi connectivity index (χ2n) is 1.91. The molecule has 1 aliphatic carbocycles. The van der Waals surface area contributed by atoms with E-state index < -0.39 is 0 Å². The first kappa shape index (κ1) is 2.34. The minimum absolute atomic E-state index is 0.0532. The minimum Gasteiger partial charge on any atom is -0.0625 e. The lowest BCUT2D eigenvalue weighted by atomic mass is 10.2. The Hall–Kier alpha value is 0. The van der Waals surface area contributed by atoms with Gasteiger partial charge in [-0.3, -0.25) is 0 Å². The van der Waals surface area contributed by atoms with Crippen LogP contribution in [0.1, 0.15) is 35.3 Å². The predicted molar refractivity (Wildman–Crippen MR) is 27.6 cm³/mol. The first-order valence-electron chi connectivity index (χ1n) is 3.72. The van der Waals surface area contributed by atoms with E-state index >= 15 is 0 Å². The fourth-order valence-electron chi connectivity index (χ4n) is 0.814. The summed E-state index contributed by atoms with van der Waals surface area (Å²) in [5, 5.41) is 0. The van der Waals surface area contributed by atoms with Crippen LogP contribution in [0.5, 0.6) is 0 Å². The first-order chi connectivity index (χ1) is 3.72. The van der Waals surface area contributed by atoms with Gasteiger partial charge in [0, 0.05) is 2.74 Å². The Kier molecular flexibility index (Phi) is 0.638. The lowest BCUT2D eigenvalue weighted by molar-refractivity contribution is 0.612. The van der Waals surface area contributed by atoms with Crippen molar-refractivity contribution in [2.24, 2.45) is 5.92 Å². The van der Waals surface area contributed by atoms with Gasteiger partial charge in [0.1, 0.15) is 0 Å². The van der Waals surface area contributed by atoms with Gasteiger partial charge in [-0.2, -0.15) is 0 Å². The fraction of sp³-hybridized carbons (Fsp3) is 1.00. The zero-order valence-corrected chi connectivity index (χ0v) is 4.15. The summed E-state index contributed by atoms with van der Waals surface area (Å²) in [6.45, 7) is 2.00. The molecule has 1 fully saturated rings. The van der Waals surface area contributed by atoms with E-state index in [2.05, 4.69) is 0 Å². The third-order valence-electron chi connectivity index (χ3n) is 1.24. The average molecular weight is 86.2 g/mol. The van der Waals surface area contributed by atoms with Crippen LogP contribution in [0.3, 0.4) is 0 Å². The lowest BCUT2D eigenvalue weighted by Crippen LogP contribution is -1.78. The Balaban J connectivity index is 2.44. The van der Waals surface area contributed by atoms with E-state index in [-0.39, 0.29) is 12.8 Å². The largest absolute Gasteiger partial charge is 0.0625 e. The van der Waals surface area contributed by atoms with Crippen LogP contribution in [0.25, 0.3) is 0 Å². The quantitative estimate of drug-likeness (QED) is 0.424. The van der Waals surface area contributed by atoms with Crippen molar-refractivity contribution in [1.82, 2.24) is 0 Å². The summed E-state index contributed by atoms with van der Waals surface area (Å²) >= 11 is 0. The minimum atomic E-state index is 0.0532. The van der Waals surface area contributed by atoms with Gasteiger partial charge < -0.3 is 0 Å². The molecule has 0 nitrogen and oxygen atoms in total. The molecular formula is C6H12. The van der Waals surface area contributed by atoms with Crippen molar-refractivity contribution in [3.63, 3.8) is 0 Å². The van der Waals surface area contributed by atoms with Gasteiger partial charge in [0.25, 0.3) is 0 Å². The zero-order valence-electron chi connectivity index (χ0n) is 6.15. The Morgan fingerprint density at radius 1 is 1.50 bits per heavy atom. The molecule has 0 aliphatic heterocycles. The first-order valence-corrected chi connectivity index (χ1v) is 2.56. The van der Waals surface area contributed by atoms with Crippen LogP contribution in [-0.2, 0) is 0 Å². The van der Waals surface area contributed by atoms with E-state index in [1.165, 1.54) is 0 Å². The molecule has 0 spiro atoms. The van der Waals surface area contributed by atoms with Gasteiger partial charge in [0.15, 0.2) is 0 Å². The van der Waals surface area contributed by atoms with Gasteiger partial charge in [-0.15, -0.1) is 0 Å². The zero-order chi connectivity index (χ0) is 6.15. The van der Waals surface area contributed by atoms with Crippen molar-refractivity contribution in [2.75, 3.05) is 0 Å². The molecule has 0 aromatic carbocycles. The molecular weight excluding hydrogens is 72.1 g/mol. The van der Waals surface area contributed by atoms with Crippen LogP contribution in [-0.4, -0.2) is 0 Å². The van der Waals surface area contributed by atoms with Crippen LogP contribution in [0.2, 0.25) is 0 Å². The average Bonchev–Trinajstić information content (AvgIpc) is 1.98. The summed E-state index contributed by atoms with van der Waals surface area (Å²) in [5.74, 6) is 0.315. The van der Waals surface area contributed by atoms with Gasteiger partial charge in [-0.1, -0.05) is 32.6 Å². The molecule has 0 amide bonds. The lowest BCUT2D eigenvalue weighted by Gasteiger charge is -1.91. The highest BCUT2D eigenvalue weighted by Crippen LogP contribution is 2.22. The summed E-state index contributed by atoms with van der Waals surface area (Å²) in [6.07, 6.45) is 1.99. The van der Waals surface area contributed by atoms with E-state index in [4.69, 9.17) is 2.74 Å². The van der Waals surface area contributed by atoms with Crippen molar-refractivity contribution in [1.29, 1.82) is 0 Å². The Bertz CT molecular complexity index is 72.6. The van der Waals surface area contributed by atoms with Crippen LogP contribution in [0, 0.1) is 5.92 Å². The molecule has 0 aromatic rings. The smallest absolute Gasteiger partial charge is 0.0269 e. The highest BCUT2D eigenvalue weighted by Gasteiger charge is 2.07. The van der Waals surface area contributed by atoms with E-state index in [9.17, 15) is 0 Å². The van der Waals surface area contributed by atoms with Crippen molar-refractivity contribution in [2.45, 2.75) is 32.6 Å². The molecule has 0 heterocycles. The molecule has 0 saturated heterocycles. The van der Waals surface area contributed by atoms with Crippen LogP contribution in [0.4, 0.5) is 0 Å². The van der Waals surface area contributed by atoms with Crippen LogP contribution >= 0.6 is 0 Å². The highest BCUT2D eigenvalue weighted by molar-refractivity contribution is 4.60. The number of hydrogen-bond donors (Lipinski definition) is 0. The molecule has 2 unspecified atom stereocenters. The van der Waals surface area contributed by atoms with Crippen LogP contribution in [0.15, 0.2) is 0 Å². The summed E-state index contributed by atoms with van der Waals surface area (Å²) in [6, 6.07) is 0. The maximum absolute atomic E-state index is 7.35. The molecule has 0 bridgehead atoms. The van der Waals surface area contributed by atoms with Gasteiger partial charge >= 0.3 is 0 Å². The van der Waals surface area contributed by atoms with E-state index in [1.807, 2.05) is 6.92 Å². The molecule has 1 rings (SSSR count). The molecule has 0 N–H and O–H groups in total. The predicted octanol–water partition coefficient (Wildman–Crippen LogP) is 2.20. The summed E-state index contributed by atoms with van der Waals surface area (Å²) in [5.41, 5.74) is 0. The second kappa shape index (κ2) is 1.63. The molecule has 0 radical (unpaired) electrons. The monoisotopic (exact) mass is 86.1 g/mol. The van der Waals surface area contributed by atoms with Gasteiger partial charge in [-0.05, 0) is 5.92 Å². The SMILES string of the molecule is [2H]C1CCC([2H])C1C. The summed E-state index contributed by atoms with van der Waals surface area (Å²) < 4.78 is 14.7. The van der Waals surface area contributed by atoms with Gasteiger partial charge in [-0.25, -0.2) is 0 Å². The topological polar surface area (TPSA) is 0 Å². The standard InChI is InChI=1S/C6H12/c1-6-4-2-3-5-6/h6H,2-5H2,1H3/i4D,5D. The van der Waals surface area contributed by atoms with Crippen molar-refractivity contribution in [3.05, 3.63) is 0 Å². The van der Waals surface area contributed by atoms with E-state index in [0.29, 0.717) is 5.92 Å². The van der Waals surface area contributed by atoms with Crippen LogP contribution < -0.4 is 0 Å². The Morgan fingerprint density at radius 2 is 2.00 bits per heavy atom. The van der Waals surface area contributed by atoms with Crippen molar-refractivity contribution >= 4 is 0 Å². The third-order valence-corrected chi connectivity index (χ3v) is 1.24. The number of rotatable bonds is 0. The third kappa shape index (κ3) is 0.735. The normalized spacial score (nSPS) is 63.8. The Labute approximate surface area is 42.4 Å². The molecule has 1 aliphatic rings. The molecule has 0 aromatic heterocycles. The maximum Gasteiger partial charge on any atom is 0.0269 e. The second-order valence-corrected chi connectivity index (χ2v) is 1.91. The summed E-state index contributed by atoms with van der Waals surface area (Å²) in [7, 11) is 0. The highest BCUT2D eigenvalue weighted by atomic mass is 14.1. The fourth-order valence-corrected chi connectivity index (χ4v) is 0.814. The maximum atomic E-state index is 7.35. The van der Waals surface area contributed by atoms with E-state index in [1.54, 1.807) is 0 Å².